The molecule has 2 aromatic rings. The van der Waals surface area contributed by atoms with Crippen LogP contribution in [-0.2, 0) is 51.2 Å². The third-order valence-corrected chi connectivity index (χ3v) is 11.8. The second-order valence-corrected chi connectivity index (χ2v) is 18.5. The topological polar surface area (TPSA) is 396 Å². The first-order valence-electron chi connectivity index (χ1n) is 24.2. The SMILES string of the molecule is CC[C@H](C)[C@H](NC(=O)[C@H](CCCN=C(N)N)NC(=O)[C@H](CC(C)C)NC(=O)[C@H](Cc1ccccc1)NC(=O)CNC(=O)CNC(=O)[C@@H](C)Cc1c(C)cc(O)cc1C)C(=O)N[C@@H](CCCN=C(N)N)C(N)=O. The van der Waals surface area contributed by atoms with E-state index in [2.05, 4.69) is 47.2 Å². The second kappa shape index (κ2) is 31.0. The van der Waals surface area contributed by atoms with Gasteiger partial charge in [0.15, 0.2) is 11.9 Å². The van der Waals surface area contributed by atoms with Crippen LogP contribution in [0, 0.1) is 31.6 Å². The van der Waals surface area contributed by atoms with Gasteiger partial charge in [-0.3, -0.25) is 48.3 Å². The molecule has 0 aliphatic rings. The fourth-order valence-electron chi connectivity index (χ4n) is 7.61. The van der Waals surface area contributed by atoms with E-state index in [0.29, 0.717) is 24.8 Å². The number of primary amides is 1. The molecular formula is C49H78N14O9. The number of rotatable bonds is 31. The molecule has 7 atom stereocenters. The molecule has 0 bridgehead atoms. The Morgan fingerprint density at radius 1 is 0.597 bits per heavy atom. The van der Waals surface area contributed by atoms with Gasteiger partial charge in [0.1, 0.15) is 36.0 Å². The van der Waals surface area contributed by atoms with Gasteiger partial charge in [-0.25, -0.2) is 0 Å². The fourth-order valence-corrected chi connectivity index (χ4v) is 7.61. The molecule has 18 N–H and O–H groups in total. The number of phenols is 1. The molecule has 0 aromatic heterocycles. The maximum atomic E-state index is 14.2. The van der Waals surface area contributed by atoms with Crippen LogP contribution < -0.4 is 65.9 Å². The van der Waals surface area contributed by atoms with Gasteiger partial charge in [0.05, 0.1) is 13.1 Å². The normalized spacial score (nSPS) is 13.8. The molecule has 0 heterocycles. The lowest BCUT2D eigenvalue weighted by molar-refractivity contribution is -0.136. The molecule has 2 aromatic carbocycles. The monoisotopic (exact) mass is 1010 g/mol. The molecular weight excluding hydrogens is 929 g/mol. The number of nitrogens with two attached hydrogens (primary N) is 5. The molecule has 398 valence electrons. The molecule has 2 rings (SSSR count). The fraction of sp³-hybridized carbons (Fsp3) is 0.551. The summed E-state index contributed by atoms with van der Waals surface area (Å²) in [7, 11) is 0. The maximum Gasteiger partial charge on any atom is 0.243 e. The molecule has 23 nitrogen and oxygen atoms in total. The van der Waals surface area contributed by atoms with E-state index in [-0.39, 0.29) is 74.7 Å². The zero-order valence-electron chi connectivity index (χ0n) is 42.6. The van der Waals surface area contributed by atoms with E-state index in [9.17, 15) is 43.5 Å². The number of carbonyl (C=O) groups excluding carboxylic acids is 8. The highest BCUT2D eigenvalue weighted by Gasteiger charge is 2.34. The van der Waals surface area contributed by atoms with Gasteiger partial charge in [-0.15, -0.1) is 0 Å². The average Bonchev–Trinajstić information content (AvgIpc) is 3.31. The summed E-state index contributed by atoms with van der Waals surface area (Å²) < 4.78 is 0. The number of nitrogens with zero attached hydrogens (tertiary/aromatic N) is 2. The van der Waals surface area contributed by atoms with Gasteiger partial charge >= 0.3 is 0 Å². The highest BCUT2D eigenvalue weighted by atomic mass is 16.3. The Labute approximate surface area is 421 Å². The van der Waals surface area contributed by atoms with Crippen molar-refractivity contribution in [2.45, 2.75) is 130 Å². The van der Waals surface area contributed by atoms with Crippen molar-refractivity contribution in [1.82, 2.24) is 37.2 Å². The van der Waals surface area contributed by atoms with Crippen LogP contribution in [0.5, 0.6) is 5.75 Å². The van der Waals surface area contributed by atoms with Crippen molar-refractivity contribution < 1.29 is 43.5 Å². The molecule has 0 unspecified atom stereocenters. The molecule has 0 radical (unpaired) electrons. The Kier molecular flexibility index (Phi) is 26.1. The smallest absolute Gasteiger partial charge is 0.243 e. The summed E-state index contributed by atoms with van der Waals surface area (Å²) in [5.41, 5.74) is 30.7. The Morgan fingerprint density at radius 3 is 1.65 bits per heavy atom. The van der Waals surface area contributed by atoms with Crippen LogP contribution in [0.1, 0.15) is 95.4 Å². The van der Waals surface area contributed by atoms with Crippen LogP contribution in [0.2, 0.25) is 0 Å². The predicted octanol–water partition coefficient (Wildman–Crippen LogP) is -1.23. The van der Waals surface area contributed by atoms with Crippen LogP contribution in [0.4, 0.5) is 0 Å². The molecule has 8 amide bonds. The molecule has 72 heavy (non-hydrogen) atoms. The number of carbonyl (C=O) groups is 8. The minimum absolute atomic E-state index is 0.000559. The lowest BCUT2D eigenvalue weighted by Crippen LogP contribution is -2.60. The first-order chi connectivity index (χ1) is 33.9. The largest absolute Gasteiger partial charge is 0.508 e. The second-order valence-electron chi connectivity index (χ2n) is 18.5. The molecule has 0 spiro atoms. The molecule has 0 fully saturated rings. The number of aryl methyl sites for hydroxylation is 2. The van der Waals surface area contributed by atoms with E-state index in [1.807, 2.05) is 34.6 Å². The molecule has 0 aliphatic carbocycles. The zero-order chi connectivity index (χ0) is 54.1. The number of benzene rings is 2. The quantitative estimate of drug-likeness (QED) is 0.0240. The van der Waals surface area contributed by atoms with Crippen molar-refractivity contribution in [3.63, 3.8) is 0 Å². The van der Waals surface area contributed by atoms with Crippen molar-refractivity contribution in [3.05, 3.63) is 64.7 Å². The van der Waals surface area contributed by atoms with E-state index >= 15 is 0 Å². The zero-order valence-corrected chi connectivity index (χ0v) is 42.6. The number of amides is 8. The van der Waals surface area contributed by atoms with Gasteiger partial charge in [0.25, 0.3) is 0 Å². The summed E-state index contributed by atoms with van der Waals surface area (Å²) in [6.45, 7) is 11.9. The van der Waals surface area contributed by atoms with Gasteiger partial charge in [-0.2, -0.15) is 0 Å². The van der Waals surface area contributed by atoms with E-state index in [1.165, 1.54) is 0 Å². The minimum Gasteiger partial charge on any atom is -0.508 e. The summed E-state index contributed by atoms with van der Waals surface area (Å²) in [5.74, 6) is -6.78. The van der Waals surface area contributed by atoms with E-state index in [1.54, 1.807) is 56.3 Å². The van der Waals surface area contributed by atoms with E-state index < -0.39 is 96.5 Å². The van der Waals surface area contributed by atoms with Crippen LogP contribution in [0.25, 0.3) is 0 Å². The number of hydrogen-bond acceptors (Lipinski definition) is 11. The van der Waals surface area contributed by atoms with Gasteiger partial charge < -0.3 is 71.0 Å². The third kappa shape index (κ3) is 22.5. The van der Waals surface area contributed by atoms with Crippen molar-refractivity contribution >= 4 is 59.2 Å². The Balaban J connectivity index is 2.27. The third-order valence-electron chi connectivity index (χ3n) is 11.8. The van der Waals surface area contributed by atoms with Gasteiger partial charge in [-0.05, 0) is 98.6 Å². The van der Waals surface area contributed by atoms with Crippen molar-refractivity contribution in [1.29, 1.82) is 0 Å². The van der Waals surface area contributed by atoms with Crippen LogP contribution in [0.15, 0.2) is 52.4 Å². The molecule has 0 saturated heterocycles. The van der Waals surface area contributed by atoms with Crippen LogP contribution in [-0.4, -0.2) is 121 Å². The first kappa shape index (κ1) is 60.7. The number of hydrogen-bond donors (Lipinski definition) is 13. The van der Waals surface area contributed by atoms with Crippen molar-refractivity contribution in [2.24, 2.45) is 56.4 Å². The minimum atomic E-state index is -1.27. The summed E-state index contributed by atoms with van der Waals surface area (Å²) in [4.78, 5) is 115. The Bertz CT molecular complexity index is 2190. The summed E-state index contributed by atoms with van der Waals surface area (Å²) >= 11 is 0. The maximum absolute atomic E-state index is 14.2. The highest BCUT2D eigenvalue weighted by molar-refractivity contribution is 5.97. The highest BCUT2D eigenvalue weighted by Crippen LogP contribution is 2.23. The molecule has 23 heteroatoms. The number of phenolic OH excluding ortho intramolecular Hbond substituents is 1. The summed E-state index contributed by atoms with van der Waals surface area (Å²) in [6.07, 6.45) is 1.56. The number of aromatic hydroxyl groups is 1. The number of nitrogens with one attached hydrogen (secondary N) is 7. The standard InChI is InChI=1S/C49H78N14O9/c1-8-28(4)41(47(72)60-35(42(50)67)16-12-18-55-48(51)52)63-44(69)36(17-13-19-56-49(53)54)61-45(70)37(20-27(2)3)62-46(71)38(24-32-14-10-9-11-15-32)59-40(66)26-57-39(65)25-58-43(68)31(7)23-34-29(5)21-33(64)22-30(34)6/h9-11,14-15,21-22,27-28,31,35-38,41,64H,8,12-13,16-20,23-26H2,1-7H3,(H2,50,67)(H,57,65)(H,58,68)(H,59,66)(H,60,72)(H,61,70)(H,62,71)(H,63,69)(H4,51,52,55)(H4,53,54,56)/t28-,31-,35-,36-,37-,38-,41-/m0/s1. The van der Waals surface area contributed by atoms with Gasteiger partial charge in [-0.1, -0.05) is 71.4 Å². The van der Waals surface area contributed by atoms with E-state index in [4.69, 9.17) is 28.7 Å². The first-order valence-corrected chi connectivity index (χ1v) is 24.2. The predicted molar refractivity (Wildman–Crippen MR) is 274 cm³/mol. The molecule has 0 aliphatic heterocycles. The van der Waals surface area contributed by atoms with Gasteiger partial charge in [0, 0.05) is 25.4 Å². The van der Waals surface area contributed by atoms with Crippen molar-refractivity contribution in [3.8, 4) is 5.75 Å². The number of aliphatic imine (C=N–C) groups is 2. The van der Waals surface area contributed by atoms with Crippen LogP contribution in [0.3, 0.4) is 0 Å². The Morgan fingerprint density at radius 2 is 1.11 bits per heavy atom. The Hall–Kier alpha value is -7.46. The molecule has 0 saturated carbocycles. The summed E-state index contributed by atoms with van der Waals surface area (Å²) in [5, 5.41) is 28.4. The number of guanidine groups is 2. The lowest BCUT2D eigenvalue weighted by Gasteiger charge is -2.29. The van der Waals surface area contributed by atoms with E-state index in [0.717, 1.165) is 16.7 Å². The average molecular weight is 1010 g/mol. The van der Waals surface area contributed by atoms with Crippen molar-refractivity contribution in [2.75, 3.05) is 26.2 Å². The van der Waals surface area contributed by atoms with Crippen LogP contribution >= 0.6 is 0 Å². The van der Waals surface area contributed by atoms with Gasteiger partial charge in [0.2, 0.25) is 47.3 Å². The lowest BCUT2D eigenvalue weighted by atomic mass is 9.93. The summed E-state index contributed by atoms with van der Waals surface area (Å²) in [6, 6.07) is 6.02.